The number of imide groups is 2. The van der Waals surface area contributed by atoms with E-state index in [-0.39, 0.29) is 5.57 Å². The summed E-state index contributed by atoms with van der Waals surface area (Å²) in [4.78, 5) is 46.0. The number of carboxylic acid groups (broad SMARTS) is 1. The largest absolute Gasteiger partial charge is 0.482 e. The van der Waals surface area contributed by atoms with E-state index in [0.717, 1.165) is 4.90 Å². The maximum atomic E-state index is 11.9. The monoisotopic (exact) mass is 304 g/mol. The molecular formula is C14H12N2O6. The summed E-state index contributed by atoms with van der Waals surface area (Å²) in [5.41, 5.74) is 0.366. The Morgan fingerprint density at radius 2 is 1.91 bits per heavy atom. The molecule has 2 rings (SSSR count). The number of nitrogens with one attached hydrogen (secondary N) is 1. The molecule has 1 aliphatic heterocycles. The summed E-state index contributed by atoms with van der Waals surface area (Å²) in [6.45, 7) is -0.464. The highest BCUT2D eigenvalue weighted by Gasteiger charge is 2.32. The van der Waals surface area contributed by atoms with Gasteiger partial charge in [-0.2, -0.15) is 0 Å². The van der Waals surface area contributed by atoms with Crippen molar-refractivity contribution in [3.63, 3.8) is 0 Å². The number of ether oxygens (including phenoxy) is 1. The first-order chi connectivity index (χ1) is 10.4. The molecule has 8 heteroatoms. The van der Waals surface area contributed by atoms with Crippen LogP contribution in [0.5, 0.6) is 5.75 Å². The molecule has 4 amide bonds. The number of rotatable bonds is 4. The number of barbiturate groups is 1. The second-order valence-corrected chi connectivity index (χ2v) is 4.43. The number of likely N-dealkylation sites (N-methyl/N-ethyl adjacent to an activating group) is 1. The van der Waals surface area contributed by atoms with Crippen molar-refractivity contribution in [2.45, 2.75) is 0 Å². The van der Waals surface area contributed by atoms with Crippen molar-refractivity contribution >= 4 is 29.9 Å². The van der Waals surface area contributed by atoms with Crippen LogP contribution in [0.25, 0.3) is 6.08 Å². The van der Waals surface area contributed by atoms with Gasteiger partial charge in [-0.3, -0.25) is 19.8 Å². The Labute approximate surface area is 125 Å². The molecule has 1 fully saturated rings. The van der Waals surface area contributed by atoms with E-state index in [0.29, 0.717) is 11.3 Å². The van der Waals surface area contributed by atoms with Gasteiger partial charge in [-0.05, 0) is 23.8 Å². The molecule has 1 aliphatic rings. The first-order valence-electron chi connectivity index (χ1n) is 6.18. The van der Waals surface area contributed by atoms with E-state index in [1.807, 2.05) is 5.32 Å². The van der Waals surface area contributed by atoms with Crippen LogP contribution in [-0.2, 0) is 14.4 Å². The molecule has 1 aromatic rings. The number of carboxylic acids is 1. The molecule has 114 valence electrons. The average Bonchev–Trinajstić information content (AvgIpc) is 2.48. The quantitative estimate of drug-likeness (QED) is 0.608. The van der Waals surface area contributed by atoms with Gasteiger partial charge in [0.25, 0.3) is 11.8 Å². The second kappa shape index (κ2) is 6.08. The Balaban J connectivity index is 2.18. The van der Waals surface area contributed by atoms with E-state index in [1.54, 1.807) is 12.1 Å². The minimum Gasteiger partial charge on any atom is -0.482 e. The first-order valence-corrected chi connectivity index (χ1v) is 6.18. The van der Waals surface area contributed by atoms with Gasteiger partial charge in [-0.25, -0.2) is 9.59 Å². The molecule has 1 heterocycles. The third-order valence-electron chi connectivity index (χ3n) is 2.86. The maximum Gasteiger partial charge on any atom is 0.341 e. The normalized spacial score (nSPS) is 16.7. The minimum absolute atomic E-state index is 0.165. The summed E-state index contributed by atoms with van der Waals surface area (Å²) < 4.78 is 4.97. The third kappa shape index (κ3) is 3.29. The SMILES string of the molecule is CN1C(=O)NC(=O)/C(=C/c2ccc(OCC(=O)O)cc2)C1=O. The van der Waals surface area contributed by atoms with Gasteiger partial charge in [-0.15, -0.1) is 0 Å². The highest BCUT2D eigenvalue weighted by molar-refractivity contribution is 6.30. The van der Waals surface area contributed by atoms with Gasteiger partial charge < -0.3 is 9.84 Å². The van der Waals surface area contributed by atoms with E-state index in [9.17, 15) is 19.2 Å². The summed E-state index contributed by atoms with van der Waals surface area (Å²) >= 11 is 0. The van der Waals surface area contributed by atoms with Crippen molar-refractivity contribution < 1.29 is 29.0 Å². The van der Waals surface area contributed by atoms with Crippen molar-refractivity contribution in [1.29, 1.82) is 0 Å². The maximum absolute atomic E-state index is 11.9. The molecule has 0 bridgehead atoms. The number of hydrogen-bond donors (Lipinski definition) is 2. The topological polar surface area (TPSA) is 113 Å². The molecule has 0 atom stereocenters. The number of urea groups is 1. The number of hydrogen-bond acceptors (Lipinski definition) is 5. The number of nitrogens with zero attached hydrogens (tertiary/aromatic N) is 1. The molecular weight excluding hydrogens is 292 g/mol. The lowest BCUT2D eigenvalue weighted by Gasteiger charge is -2.22. The van der Waals surface area contributed by atoms with Crippen molar-refractivity contribution in [3.05, 3.63) is 35.4 Å². The molecule has 0 radical (unpaired) electrons. The van der Waals surface area contributed by atoms with Crippen LogP contribution in [0.1, 0.15) is 5.56 Å². The van der Waals surface area contributed by atoms with Crippen molar-refractivity contribution in [1.82, 2.24) is 10.2 Å². The van der Waals surface area contributed by atoms with E-state index < -0.39 is 30.4 Å². The Kier molecular flexibility index (Phi) is 4.21. The van der Waals surface area contributed by atoms with E-state index in [4.69, 9.17) is 9.84 Å². The summed E-state index contributed by atoms with van der Waals surface area (Å²) in [5.74, 6) is -2.21. The molecule has 22 heavy (non-hydrogen) atoms. The molecule has 0 aliphatic carbocycles. The Bertz CT molecular complexity index is 677. The van der Waals surface area contributed by atoms with E-state index in [2.05, 4.69) is 0 Å². The lowest BCUT2D eigenvalue weighted by Crippen LogP contribution is -2.52. The lowest BCUT2D eigenvalue weighted by molar-refractivity contribution is -0.139. The highest BCUT2D eigenvalue weighted by atomic mass is 16.5. The summed E-state index contributed by atoms with van der Waals surface area (Å²) in [6.07, 6.45) is 1.33. The Hall–Kier alpha value is -3.16. The van der Waals surface area contributed by atoms with Gasteiger partial charge in [0, 0.05) is 7.05 Å². The summed E-state index contributed by atoms with van der Waals surface area (Å²) in [7, 11) is 1.26. The van der Waals surface area contributed by atoms with Crippen LogP contribution in [0.2, 0.25) is 0 Å². The van der Waals surface area contributed by atoms with Gasteiger partial charge >= 0.3 is 12.0 Å². The van der Waals surface area contributed by atoms with Crippen LogP contribution < -0.4 is 10.1 Å². The number of carbonyl (C=O) groups excluding carboxylic acids is 3. The fraction of sp³-hybridized carbons (Fsp3) is 0.143. The second-order valence-electron chi connectivity index (χ2n) is 4.43. The lowest BCUT2D eigenvalue weighted by atomic mass is 10.1. The van der Waals surface area contributed by atoms with Crippen molar-refractivity contribution in [3.8, 4) is 5.75 Å². The Morgan fingerprint density at radius 1 is 1.27 bits per heavy atom. The summed E-state index contributed by atoms with van der Waals surface area (Å²) in [6, 6.07) is 5.36. The van der Waals surface area contributed by atoms with Crippen LogP contribution in [0.3, 0.4) is 0 Å². The van der Waals surface area contributed by atoms with Crippen LogP contribution in [-0.4, -0.2) is 47.5 Å². The molecule has 1 saturated heterocycles. The van der Waals surface area contributed by atoms with Crippen LogP contribution in [0.4, 0.5) is 4.79 Å². The first kappa shape index (κ1) is 15.2. The molecule has 1 aromatic carbocycles. The predicted octanol–water partition coefficient (Wildman–Crippen LogP) is 0.242. The fourth-order valence-corrected chi connectivity index (χ4v) is 1.72. The van der Waals surface area contributed by atoms with Crippen molar-refractivity contribution in [2.75, 3.05) is 13.7 Å². The third-order valence-corrected chi connectivity index (χ3v) is 2.86. The molecule has 0 spiro atoms. The van der Waals surface area contributed by atoms with Gasteiger partial charge in [-0.1, -0.05) is 12.1 Å². The number of benzene rings is 1. The van der Waals surface area contributed by atoms with Gasteiger partial charge in [0.2, 0.25) is 0 Å². The van der Waals surface area contributed by atoms with E-state index >= 15 is 0 Å². The van der Waals surface area contributed by atoms with Crippen LogP contribution in [0, 0.1) is 0 Å². The standard InChI is InChI=1S/C14H12N2O6/c1-16-13(20)10(12(19)15-14(16)21)6-8-2-4-9(5-3-8)22-7-11(17)18/h2-6H,7H2,1H3,(H,17,18)(H,15,19,21)/b10-6-. The van der Waals surface area contributed by atoms with Gasteiger partial charge in [0.05, 0.1) is 0 Å². The fourth-order valence-electron chi connectivity index (χ4n) is 1.72. The molecule has 0 unspecified atom stereocenters. The van der Waals surface area contributed by atoms with Crippen LogP contribution >= 0.6 is 0 Å². The number of aliphatic carboxylic acids is 1. The highest BCUT2D eigenvalue weighted by Crippen LogP contribution is 2.17. The zero-order chi connectivity index (χ0) is 16.3. The summed E-state index contributed by atoms with van der Waals surface area (Å²) in [5, 5.41) is 10.5. The van der Waals surface area contributed by atoms with Crippen molar-refractivity contribution in [2.24, 2.45) is 0 Å². The minimum atomic E-state index is -1.09. The average molecular weight is 304 g/mol. The van der Waals surface area contributed by atoms with Crippen LogP contribution in [0.15, 0.2) is 29.8 Å². The molecule has 0 saturated carbocycles. The predicted molar refractivity (Wildman–Crippen MR) is 73.9 cm³/mol. The number of amides is 4. The molecule has 0 aromatic heterocycles. The van der Waals surface area contributed by atoms with Gasteiger partial charge in [0.1, 0.15) is 11.3 Å². The smallest absolute Gasteiger partial charge is 0.341 e. The molecule has 2 N–H and O–H groups in total. The zero-order valence-electron chi connectivity index (χ0n) is 11.5. The number of carbonyl (C=O) groups is 4. The Morgan fingerprint density at radius 3 is 2.50 bits per heavy atom. The zero-order valence-corrected chi connectivity index (χ0v) is 11.5. The van der Waals surface area contributed by atoms with E-state index in [1.165, 1.54) is 25.3 Å². The van der Waals surface area contributed by atoms with Gasteiger partial charge in [0.15, 0.2) is 6.61 Å². The molecule has 8 nitrogen and oxygen atoms in total.